The summed E-state index contributed by atoms with van der Waals surface area (Å²) in [4.78, 5) is 0. The highest BCUT2D eigenvalue weighted by atomic mass is 35.5. The van der Waals surface area contributed by atoms with E-state index in [1.165, 1.54) is 0 Å². The van der Waals surface area contributed by atoms with Gasteiger partial charge in [0.1, 0.15) is 5.75 Å². The van der Waals surface area contributed by atoms with E-state index < -0.39 is 0 Å². The first-order valence-electron chi connectivity index (χ1n) is 4.70. The second-order valence-corrected chi connectivity index (χ2v) is 3.41. The Bertz CT molecular complexity index is 289. The number of benzene rings is 1. The summed E-state index contributed by atoms with van der Waals surface area (Å²) in [7, 11) is 0. The first-order chi connectivity index (χ1) is 6.16. The van der Waals surface area contributed by atoms with Crippen molar-refractivity contribution < 1.29 is 5.11 Å². The van der Waals surface area contributed by atoms with Crippen molar-refractivity contribution >= 4 is 12.4 Å². The summed E-state index contributed by atoms with van der Waals surface area (Å²) in [6.07, 6.45) is 1.95. The van der Waals surface area contributed by atoms with Crippen LogP contribution in [0.1, 0.15) is 36.9 Å². The molecule has 1 aromatic carbocycles. The van der Waals surface area contributed by atoms with Crippen LogP contribution in [0.2, 0.25) is 0 Å². The summed E-state index contributed by atoms with van der Waals surface area (Å²) in [5.41, 5.74) is 7.67. The number of aryl methyl sites for hydroxylation is 1. The minimum absolute atomic E-state index is 0. The molecule has 0 aliphatic carbocycles. The number of hydrogen-bond acceptors (Lipinski definition) is 2. The highest BCUT2D eigenvalue weighted by Crippen LogP contribution is 2.28. The molecule has 1 rings (SSSR count). The molecule has 0 bridgehead atoms. The zero-order valence-corrected chi connectivity index (χ0v) is 9.47. The first-order valence-corrected chi connectivity index (χ1v) is 4.70. The van der Waals surface area contributed by atoms with E-state index in [1.807, 2.05) is 25.1 Å². The minimum Gasteiger partial charge on any atom is -0.507 e. The Morgan fingerprint density at radius 1 is 1.43 bits per heavy atom. The SMILES string of the molecule is CCC[C@@H](N)c1cccc(C)c1O.Cl. The second-order valence-electron chi connectivity index (χ2n) is 3.41. The molecule has 2 nitrogen and oxygen atoms in total. The van der Waals surface area contributed by atoms with Gasteiger partial charge < -0.3 is 10.8 Å². The van der Waals surface area contributed by atoms with Gasteiger partial charge in [0.25, 0.3) is 0 Å². The molecule has 1 atom stereocenters. The maximum atomic E-state index is 9.71. The van der Waals surface area contributed by atoms with E-state index in [4.69, 9.17) is 5.73 Å². The average Bonchev–Trinajstić information content (AvgIpc) is 2.10. The molecule has 0 aliphatic heterocycles. The molecule has 0 saturated carbocycles. The smallest absolute Gasteiger partial charge is 0.123 e. The molecule has 0 heterocycles. The van der Waals surface area contributed by atoms with E-state index in [9.17, 15) is 5.11 Å². The Morgan fingerprint density at radius 2 is 2.07 bits per heavy atom. The lowest BCUT2D eigenvalue weighted by Gasteiger charge is -2.13. The van der Waals surface area contributed by atoms with Crippen LogP contribution in [-0.2, 0) is 0 Å². The van der Waals surface area contributed by atoms with Gasteiger partial charge in [0, 0.05) is 11.6 Å². The van der Waals surface area contributed by atoms with Crippen molar-refractivity contribution in [2.45, 2.75) is 32.7 Å². The maximum absolute atomic E-state index is 9.71. The zero-order valence-electron chi connectivity index (χ0n) is 8.66. The Hall–Kier alpha value is -0.730. The molecular weight excluding hydrogens is 198 g/mol. The number of halogens is 1. The van der Waals surface area contributed by atoms with Crippen LogP contribution in [0.3, 0.4) is 0 Å². The normalized spacial score (nSPS) is 11.9. The van der Waals surface area contributed by atoms with E-state index in [0.717, 1.165) is 24.0 Å². The fraction of sp³-hybridized carbons (Fsp3) is 0.455. The summed E-state index contributed by atoms with van der Waals surface area (Å²) < 4.78 is 0. The van der Waals surface area contributed by atoms with E-state index in [2.05, 4.69) is 6.92 Å². The fourth-order valence-electron chi connectivity index (χ4n) is 1.45. The molecule has 3 N–H and O–H groups in total. The van der Waals surface area contributed by atoms with Crippen LogP contribution in [-0.4, -0.2) is 5.11 Å². The molecule has 0 spiro atoms. The van der Waals surface area contributed by atoms with Gasteiger partial charge in [0.05, 0.1) is 0 Å². The number of phenolic OH excluding ortho intramolecular Hbond substituents is 1. The van der Waals surface area contributed by atoms with Crippen LogP contribution in [0.15, 0.2) is 18.2 Å². The predicted octanol–water partition coefficient (Wildman–Crippen LogP) is 2.92. The van der Waals surface area contributed by atoms with Crippen LogP contribution >= 0.6 is 12.4 Å². The summed E-state index contributed by atoms with van der Waals surface area (Å²) >= 11 is 0. The van der Waals surface area contributed by atoms with Crippen LogP contribution in [0.25, 0.3) is 0 Å². The second kappa shape index (κ2) is 5.89. The van der Waals surface area contributed by atoms with Gasteiger partial charge in [-0.2, -0.15) is 0 Å². The third kappa shape index (κ3) is 2.89. The van der Waals surface area contributed by atoms with Crippen LogP contribution in [0.4, 0.5) is 0 Å². The van der Waals surface area contributed by atoms with E-state index >= 15 is 0 Å². The quantitative estimate of drug-likeness (QED) is 0.815. The Kier molecular flexibility index (Phi) is 5.58. The number of hydrogen-bond donors (Lipinski definition) is 2. The van der Waals surface area contributed by atoms with Gasteiger partial charge in [0.2, 0.25) is 0 Å². The zero-order chi connectivity index (χ0) is 9.84. The molecular formula is C11H18ClNO. The van der Waals surface area contributed by atoms with Crippen molar-refractivity contribution in [2.75, 3.05) is 0 Å². The van der Waals surface area contributed by atoms with E-state index in [-0.39, 0.29) is 18.4 Å². The summed E-state index contributed by atoms with van der Waals surface area (Å²) in [5.74, 6) is 0.350. The van der Waals surface area contributed by atoms with Gasteiger partial charge in [-0.1, -0.05) is 31.5 Å². The van der Waals surface area contributed by atoms with Gasteiger partial charge in [-0.15, -0.1) is 12.4 Å². The number of nitrogens with two attached hydrogens (primary N) is 1. The van der Waals surface area contributed by atoms with E-state index in [0.29, 0.717) is 5.75 Å². The lowest BCUT2D eigenvalue weighted by molar-refractivity contribution is 0.454. The fourth-order valence-corrected chi connectivity index (χ4v) is 1.45. The van der Waals surface area contributed by atoms with Gasteiger partial charge in [-0.3, -0.25) is 0 Å². The average molecular weight is 216 g/mol. The van der Waals surface area contributed by atoms with Gasteiger partial charge in [-0.05, 0) is 18.9 Å². The maximum Gasteiger partial charge on any atom is 0.123 e. The molecule has 0 amide bonds. The molecule has 0 fully saturated rings. The molecule has 80 valence electrons. The third-order valence-corrected chi connectivity index (χ3v) is 2.27. The van der Waals surface area contributed by atoms with Crippen molar-refractivity contribution in [1.82, 2.24) is 0 Å². The lowest BCUT2D eigenvalue weighted by Crippen LogP contribution is -2.10. The van der Waals surface area contributed by atoms with Crippen molar-refractivity contribution in [3.63, 3.8) is 0 Å². The molecule has 3 heteroatoms. The number of aromatic hydroxyl groups is 1. The lowest BCUT2D eigenvalue weighted by atomic mass is 10.00. The van der Waals surface area contributed by atoms with Crippen LogP contribution < -0.4 is 5.73 Å². The van der Waals surface area contributed by atoms with Crippen LogP contribution in [0.5, 0.6) is 5.75 Å². The molecule has 14 heavy (non-hydrogen) atoms. The number of phenols is 1. The van der Waals surface area contributed by atoms with Gasteiger partial charge in [-0.25, -0.2) is 0 Å². The summed E-state index contributed by atoms with van der Waals surface area (Å²) in [6, 6.07) is 5.67. The van der Waals surface area contributed by atoms with Crippen molar-refractivity contribution in [1.29, 1.82) is 0 Å². The Labute approximate surface area is 91.5 Å². The van der Waals surface area contributed by atoms with Gasteiger partial charge >= 0.3 is 0 Å². The highest BCUT2D eigenvalue weighted by Gasteiger charge is 2.10. The highest BCUT2D eigenvalue weighted by molar-refractivity contribution is 5.85. The molecule has 0 radical (unpaired) electrons. The van der Waals surface area contributed by atoms with E-state index in [1.54, 1.807) is 0 Å². The Balaban J connectivity index is 0.00000169. The molecule has 0 aromatic heterocycles. The minimum atomic E-state index is -0.0371. The van der Waals surface area contributed by atoms with Crippen molar-refractivity contribution in [3.05, 3.63) is 29.3 Å². The number of para-hydroxylation sites is 1. The molecule has 1 aromatic rings. The third-order valence-electron chi connectivity index (χ3n) is 2.27. The summed E-state index contributed by atoms with van der Waals surface area (Å²) in [6.45, 7) is 3.98. The standard InChI is InChI=1S/C11H17NO.ClH/c1-3-5-10(12)9-7-4-6-8(2)11(9)13;/h4,6-7,10,13H,3,5,12H2,1-2H3;1H/t10-;/m1./s1. The monoisotopic (exact) mass is 215 g/mol. The molecule has 0 aliphatic rings. The largest absolute Gasteiger partial charge is 0.507 e. The molecule has 0 unspecified atom stereocenters. The van der Waals surface area contributed by atoms with Gasteiger partial charge in [0.15, 0.2) is 0 Å². The van der Waals surface area contributed by atoms with Crippen molar-refractivity contribution in [2.24, 2.45) is 5.73 Å². The first kappa shape index (κ1) is 13.3. The van der Waals surface area contributed by atoms with Crippen molar-refractivity contribution in [3.8, 4) is 5.75 Å². The topological polar surface area (TPSA) is 46.2 Å². The number of rotatable bonds is 3. The molecule has 0 saturated heterocycles. The Morgan fingerprint density at radius 3 is 2.64 bits per heavy atom. The summed E-state index contributed by atoms with van der Waals surface area (Å²) in [5, 5.41) is 9.71. The van der Waals surface area contributed by atoms with Crippen LogP contribution in [0, 0.1) is 6.92 Å². The predicted molar refractivity (Wildman–Crippen MR) is 61.9 cm³/mol.